The van der Waals surface area contributed by atoms with Crippen LogP contribution in [0.4, 0.5) is 33.7 Å². The highest BCUT2D eigenvalue weighted by atomic mass is 19.4. The Hall–Kier alpha value is -3.36. The molecule has 2 N–H and O–H groups in total. The van der Waals surface area contributed by atoms with Gasteiger partial charge in [0.05, 0.1) is 29.7 Å². The van der Waals surface area contributed by atoms with Gasteiger partial charge in [-0.25, -0.2) is 9.18 Å². The second-order valence-electron chi connectivity index (χ2n) is 5.64. The minimum absolute atomic E-state index is 0.146. The summed E-state index contributed by atoms with van der Waals surface area (Å²) in [7, 11) is 0. The van der Waals surface area contributed by atoms with Crippen molar-refractivity contribution in [3.8, 4) is 0 Å². The standard InChI is InChI=1S/C18H14F4N4O/c19-15-7-3-1-5-12(15)10-26-11-13(9-23-26)24-17(27)25-16-8-4-2-6-14(16)18(20,21)22/h1-9,11H,10H2,(H2,24,25,27). The van der Waals surface area contributed by atoms with Crippen molar-refractivity contribution in [2.24, 2.45) is 0 Å². The van der Waals surface area contributed by atoms with Gasteiger partial charge in [0.15, 0.2) is 0 Å². The van der Waals surface area contributed by atoms with Gasteiger partial charge in [0.1, 0.15) is 5.82 Å². The van der Waals surface area contributed by atoms with Crippen molar-refractivity contribution in [1.29, 1.82) is 0 Å². The van der Waals surface area contributed by atoms with Crippen molar-refractivity contribution in [3.05, 3.63) is 77.9 Å². The maximum absolute atomic E-state index is 13.7. The molecule has 2 amide bonds. The molecule has 1 heterocycles. The number of nitrogens with one attached hydrogen (secondary N) is 2. The molecule has 9 heteroatoms. The van der Waals surface area contributed by atoms with E-state index in [1.807, 2.05) is 0 Å². The van der Waals surface area contributed by atoms with Crippen LogP contribution in [0.3, 0.4) is 0 Å². The van der Waals surface area contributed by atoms with Gasteiger partial charge in [-0.05, 0) is 18.2 Å². The summed E-state index contributed by atoms with van der Waals surface area (Å²) >= 11 is 0. The van der Waals surface area contributed by atoms with Crippen LogP contribution in [0.2, 0.25) is 0 Å². The quantitative estimate of drug-likeness (QED) is 0.645. The topological polar surface area (TPSA) is 59.0 Å². The van der Waals surface area contributed by atoms with E-state index in [9.17, 15) is 22.4 Å². The molecule has 0 aliphatic rings. The summed E-state index contributed by atoms with van der Waals surface area (Å²) in [6.45, 7) is 0.146. The van der Waals surface area contributed by atoms with E-state index in [1.54, 1.807) is 18.2 Å². The van der Waals surface area contributed by atoms with Crippen molar-refractivity contribution >= 4 is 17.4 Å². The van der Waals surface area contributed by atoms with Gasteiger partial charge < -0.3 is 10.6 Å². The van der Waals surface area contributed by atoms with Crippen LogP contribution < -0.4 is 10.6 Å². The molecule has 0 saturated carbocycles. The Bertz CT molecular complexity index is 952. The molecular formula is C18H14F4N4O. The number of benzene rings is 2. The fraction of sp³-hybridized carbons (Fsp3) is 0.111. The number of hydrogen-bond donors (Lipinski definition) is 2. The van der Waals surface area contributed by atoms with E-state index in [2.05, 4.69) is 15.7 Å². The lowest BCUT2D eigenvalue weighted by Gasteiger charge is -2.13. The maximum Gasteiger partial charge on any atom is 0.418 e. The van der Waals surface area contributed by atoms with Crippen LogP contribution in [-0.2, 0) is 12.7 Å². The van der Waals surface area contributed by atoms with E-state index in [-0.39, 0.29) is 23.7 Å². The Labute approximate surface area is 151 Å². The number of carbonyl (C=O) groups is 1. The molecule has 1 aromatic heterocycles. The minimum atomic E-state index is -4.59. The molecule has 0 unspecified atom stereocenters. The Morgan fingerprint density at radius 1 is 1.04 bits per heavy atom. The van der Waals surface area contributed by atoms with E-state index in [0.29, 0.717) is 5.56 Å². The number of nitrogens with zero attached hydrogens (tertiary/aromatic N) is 2. The van der Waals surface area contributed by atoms with Crippen molar-refractivity contribution in [1.82, 2.24) is 9.78 Å². The van der Waals surface area contributed by atoms with E-state index >= 15 is 0 Å². The third-order valence-electron chi connectivity index (χ3n) is 3.66. The molecule has 3 aromatic rings. The van der Waals surface area contributed by atoms with Gasteiger partial charge in [0.2, 0.25) is 0 Å². The molecule has 140 valence electrons. The molecule has 5 nitrogen and oxygen atoms in total. The van der Waals surface area contributed by atoms with Crippen LogP contribution in [0.1, 0.15) is 11.1 Å². The van der Waals surface area contributed by atoms with E-state index in [4.69, 9.17) is 0 Å². The highest BCUT2D eigenvalue weighted by Gasteiger charge is 2.33. The van der Waals surface area contributed by atoms with Gasteiger partial charge in [0.25, 0.3) is 0 Å². The van der Waals surface area contributed by atoms with Crippen molar-refractivity contribution in [2.45, 2.75) is 12.7 Å². The molecule has 0 radical (unpaired) electrons. The Balaban J connectivity index is 1.66. The van der Waals surface area contributed by atoms with Gasteiger partial charge in [-0.2, -0.15) is 18.3 Å². The molecule has 3 rings (SSSR count). The number of halogens is 4. The zero-order valence-corrected chi connectivity index (χ0v) is 13.8. The van der Waals surface area contributed by atoms with Gasteiger partial charge in [0, 0.05) is 11.8 Å². The van der Waals surface area contributed by atoms with E-state index in [1.165, 1.54) is 35.3 Å². The molecule has 0 spiro atoms. The predicted molar refractivity (Wildman–Crippen MR) is 91.8 cm³/mol. The number of aromatic nitrogens is 2. The molecule has 27 heavy (non-hydrogen) atoms. The number of carbonyl (C=O) groups excluding carboxylic acids is 1. The fourth-order valence-corrected chi connectivity index (χ4v) is 2.44. The zero-order chi connectivity index (χ0) is 19.4. The number of hydrogen-bond acceptors (Lipinski definition) is 2. The second-order valence-corrected chi connectivity index (χ2v) is 5.64. The SMILES string of the molecule is O=C(Nc1cnn(Cc2ccccc2F)c1)Nc1ccccc1C(F)(F)F. The number of urea groups is 1. The summed E-state index contributed by atoms with van der Waals surface area (Å²) in [4.78, 5) is 12.0. The molecule has 0 bridgehead atoms. The second kappa shape index (κ2) is 7.48. The monoisotopic (exact) mass is 378 g/mol. The first-order valence-electron chi connectivity index (χ1n) is 7.83. The number of anilines is 2. The van der Waals surface area contributed by atoms with Crippen LogP contribution >= 0.6 is 0 Å². The average molecular weight is 378 g/mol. The van der Waals surface area contributed by atoms with Gasteiger partial charge >= 0.3 is 12.2 Å². The lowest BCUT2D eigenvalue weighted by Crippen LogP contribution is -2.21. The van der Waals surface area contributed by atoms with Gasteiger partial charge in [-0.15, -0.1) is 0 Å². The highest BCUT2D eigenvalue weighted by Crippen LogP contribution is 2.34. The molecule has 0 atom stereocenters. The number of rotatable bonds is 4. The zero-order valence-electron chi connectivity index (χ0n) is 13.8. The van der Waals surface area contributed by atoms with Crippen LogP contribution in [0.15, 0.2) is 60.9 Å². The number of alkyl halides is 3. The van der Waals surface area contributed by atoms with Crippen LogP contribution in [0.5, 0.6) is 0 Å². The van der Waals surface area contributed by atoms with Gasteiger partial charge in [-0.1, -0.05) is 30.3 Å². The normalized spacial score (nSPS) is 11.3. The summed E-state index contributed by atoms with van der Waals surface area (Å²) in [6, 6.07) is 9.98. The van der Waals surface area contributed by atoms with Gasteiger partial charge in [-0.3, -0.25) is 4.68 Å². The van der Waals surface area contributed by atoms with Crippen LogP contribution in [0, 0.1) is 5.82 Å². The Morgan fingerprint density at radius 3 is 2.48 bits per heavy atom. The summed E-state index contributed by atoms with van der Waals surface area (Å²) in [5, 5.41) is 8.56. The molecule has 0 aliphatic heterocycles. The molecule has 0 fully saturated rings. The van der Waals surface area contributed by atoms with Crippen LogP contribution in [-0.4, -0.2) is 15.8 Å². The summed E-state index contributed by atoms with van der Waals surface area (Å²) < 4.78 is 53.9. The minimum Gasteiger partial charge on any atom is -0.307 e. The highest BCUT2D eigenvalue weighted by molar-refractivity contribution is 6.00. The number of para-hydroxylation sites is 1. The summed E-state index contributed by atoms with van der Waals surface area (Å²) in [5.74, 6) is -0.385. The summed E-state index contributed by atoms with van der Waals surface area (Å²) in [5.41, 5.74) is -0.638. The fourth-order valence-electron chi connectivity index (χ4n) is 2.44. The maximum atomic E-state index is 13.7. The smallest absolute Gasteiger partial charge is 0.307 e. The lowest BCUT2D eigenvalue weighted by molar-refractivity contribution is -0.136. The first-order valence-corrected chi connectivity index (χ1v) is 7.83. The Kier molecular flexibility index (Phi) is 5.11. The first kappa shape index (κ1) is 18.4. The number of amides is 2. The molecule has 0 saturated heterocycles. The first-order chi connectivity index (χ1) is 12.8. The lowest BCUT2D eigenvalue weighted by atomic mass is 10.1. The van der Waals surface area contributed by atoms with E-state index < -0.39 is 17.8 Å². The van der Waals surface area contributed by atoms with E-state index in [0.717, 1.165) is 12.1 Å². The van der Waals surface area contributed by atoms with Crippen LogP contribution in [0.25, 0.3) is 0 Å². The molecule has 0 aliphatic carbocycles. The average Bonchev–Trinajstić information content (AvgIpc) is 3.03. The molecular weight excluding hydrogens is 364 g/mol. The Morgan fingerprint density at radius 2 is 1.74 bits per heavy atom. The predicted octanol–water partition coefficient (Wildman–Crippen LogP) is 4.73. The molecule has 2 aromatic carbocycles. The third kappa shape index (κ3) is 4.63. The largest absolute Gasteiger partial charge is 0.418 e. The van der Waals surface area contributed by atoms with Crippen molar-refractivity contribution < 1.29 is 22.4 Å². The third-order valence-corrected chi connectivity index (χ3v) is 3.66. The van der Waals surface area contributed by atoms with Crippen molar-refractivity contribution in [2.75, 3.05) is 10.6 Å². The summed E-state index contributed by atoms with van der Waals surface area (Å²) in [6.07, 6.45) is -1.83. The van der Waals surface area contributed by atoms with Crippen molar-refractivity contribution in [3.63, 3.8) is 0 Å².